The van der Waals surface area contributed by atoms with Gasteiger partial charge < -0.3 is 10.2 Å². The van der Waals surface area contributed by atoms with Crippen molar-refractivity contribution in [1.82, 2.24) is 25.2 Å². The topological polar surface area (TPSA) is 63.1 Å². The summed E-state index contributed by atoms with van der Waals surface area (Å²) in [5, 5.41) is 10.9. The first-order valence-electron chi connectivity index (χ1n) is 8.55. The van der Waals surface area contributed by atoms with Gasteiger partial charge in [-0.05, 0) is 52.6 Å². The Balaban J connectivity index is 1.86. The first kappa shape index (κ1) is 16.9. The maximum Gasteiger partial charge on any atom is 0.273 e. The average molecular weight is 307 g/mol. The highest BCUT2D eigenvalue weighted by Crippen LogP contribution is 2.20. The number of aryl methyl sites for hydroxylation is 1. The Morgan fingerprint density at radius 2 is 2.23 bits per heavy atom. The number of nitrogens with one attached hydrogen (secondary N) is 1. The lowest BCUT2D eigenvalue weighted by Crippen LogP contribution is -2.40. The first-order valence-corrected chi connectivity index (χ1v) is 8.55. The van der Waals surface area contributed by atoms with Crippen LogP contribution in [0.1, 0.15) is 63.4 Å². The van der Waals surface area contributed by atoms with Crippen LogP contribution in [0.25, 0.3) is 0 Å². The Hall–Kier alpha value is -1.43. The van der Waals surface area contributed by atoms with Crippen LogP contribution in [0.5, 0.6) is 0 Å². The fraction of sp³-hybridized carbons (Fsp3) is 0.812. The molecule has 1 N–H and O–H groups in total. The number of carbonyl (C=O) groups is 1. The molecule has 1 aliphatic rings. The van der Waals surface area contributed by atoms with Crippen molar-refractivity contribution in [2.45, 2.75) is 71.5 Å². The molecule has 1 amide bonds. The summed E-state index contributed by atoms with van der Waals surface area (Å²) in [4.78, 5) is 14.5. The van der Waals surface area contributed by atoms with Crippen LogP contribution in [-0.2, 0) is 6.54 Å². The van der Waals surface area contributed by atoms with Crippen LogP contribution in [0.4, 0.5) is 0 Å². The zero-order valence-corrected chi connectivity index (χ0v) is 14.1. The zero-order chi connectivity index (χ0) is 15.9. The molecule has 1 aromatic rings. The van der Waals surface area contributed by atoms with Gasteiger partial charge in [0, 0.05) is 18.6 Å². The zero-order valence-electron chi connectivity index (χ0n) is 14.1. The number of carbonyl (C=O) groups excluding carboxylic acids is 1. The van der Waals surface area contributed by atoms with Gasteiger partial charge in [0.2, 0.25) is 0 Å². The molecule has 2 rings (SSSR count). The summed E-state index contributed by atoms with van der Waals surface area (Å²) in [5.41, 5.74) is 0.405. The third kappa shape index (κ3) is 4.80. The molecule has 6 nitrogen and oxygen atoms in total. The lowest BCUT2D eigenvalue weighted by atomic mass is 9.99. The molecule has 1 aromatic heterocycles. The van der Waals surface area contributed by atoms with E-state index in [4.69, 9.17) is 0 Å². The summed E-state index contributed by atoms with van der Waals surface area (Å²) in [7, 11) is 0. The summed E-state index contributed by atoms with van der Waals surface area (Å²) < 4.78 is 1.80. The SMILES string of the molecule is CCCN1CCCCC1CCn1cc(C(=O)NC(C)C)nn1. The van der Waals surface area contributed by atoms with E-state index in [9.17, 15) is 4.79 Å². The first-order chi connectivity index (χ1) is 10.6. The molecule has 0 radical (unpaired) electrons. The molecular formula is C16H29N5O. The molecule has 1 unspecified atom stereocenters. The van der Waals surface area contributed by atoms with Crippen LogP contribution in [-0.4, -0.2) is 51.0 Å². The van der Waals surface area contributed by atoms with Crippen LogP contribution in [0.15, 0.2) is 6.20 Å². The lowest BCUT2D eigenvalue weighted by molar-refractivity contribution is 0.0938. The van der Waals surface area contributed by atoms with Crippen LogP contribution < -0.4 is 5.32 Å². The van der Waals surface area contributed by atoms with Gasteiger partial charge in [0.25, 0.3) is 5.91 Å². The van der Waals surface area contributed by atoms with Gasteiger partial charge in [-0.25, -0.2) is 0 Å². The Bertz CT molecular complexity index is 469. The highest BCUT2D eigenvalue weighted by atomic mass is 16.2. The third-order valence-electron chi connectivity index (χ3n) is 4.14. The van der Waals surface area contributed by atoms with E-state index in [0.717, 1.165) is 13.0 Å². The summed E-state index contributed by atoms with van der Waals surface area (Å²) in [5.74, 6) is -0.147. The third-order valence-corrected chi connectivity index (χ3v) is 4.14. The molecule has 1 aliphatic heterocycles. The molecule has 0 bridgehead atoms. The quantitative estimate of drug-likeness (QED) is 0.837. The van der Waals surface area contributed by atoms with E-state index in [1.165, 1.54) is 38.8 Å². The van der Waals surface area contributed by atoms with Crippen LogP contribution in [0.2, 0.25) is 0 Å². The van der Waals surface area contributed by atoms with E-state index in [0.29, 0.717) is 11.7 Å². The number of nitrogens with zero attached hydrogens (tertiary/aromatic N) is 4. The number of hydrogen-bond donors (Lipinski definition) is 1. The minimum atomic E-state index is -0.147. The smallest absolute Gasteiger partial charge is 0.273 e. The number of rotatable bonds is 7. The van der Waals surface area contributed by atoms with Gasteiger partial charge in [0.05, 0.1) is 6.20 Å². The van der Waals surface area contributed by atoms with Crippen LogP contribution >= 0.6 is 0 Å². The summed E-state index contributed by atoms with van der Waals surface area (Å²) >= 11 is 0. The maximum absolute atomic E-state index is 11.9. The fourth-order valence-electron chi connectivity index (χ4n) is 3.10. The molecule has 0 spiro atoms. The standard InChI is InChI=1S/C16H29N5O/c1-4-9-20-10-6-5-7-14(20)8-11-21-12-15(18-19-21)16(22)17-13(2)3/h12-14H,4-11H2,1-3H3,(H,17,22). The largest absolute Gasteiger partial charge is 0.348 e. The Morgan fingerprint density at radius 3 is 2.95 bits per heavy atom. The number of piperidine rings is 1. The Kier molecular flexibility index (Phi) is 6.36. The molecule has 22 heavy (non-hydrogen) atoms. The van der Waals surface area contributed by atoms with E-state index < -0.39 is 0 Å². The van der Waals surface area contributed by atoms with Gasteiger partial charge in [-0.3, -0.25) is 9.48 Å². The van der Waals surface area contributed by atoms with Crippen molar-refractivity contribution in [2.75, 3.05) is 13.1 Å². The van der Waals surface area contributed by atoms with E-state index in [2.05, 4.69) is 27.5 Å². The summed E-state index contributed by atoms with van der Waals surface area (Å²) in [6, 6.07) is 0.758. The molecule has 0 aromatic carbocycles. The number of aromatic nitrogens is 3. The van der Waals surface area contributed by atoms with Crippen molar-refractivity contribution in [1.29, 1.82) is 0 Å². The Labute approximate surface area is 133 Å². The fourth-order valence-corrected chi connectivity index (χ4v) is 3.10. The highest BCUT2D eigenvalue weighted by Gasteiger charge is 2.21. The number of amides is 1. The predicted octanol–water partition coefficient (Wildman–Crippen LogP) is 2.07. The molecule has 6 heteroatoms. The maximum atomic E-state index is 11.9. The highest BCUT2D eigenvalue weighted by molar-refractivity contribution is 5.91. The van der Waals surface area contributed by atoms with Crippen molar-refractivity contribution < 1.29 is 4.79 Å². The molecule has 0 saturated carbocycles. The van der Waals surface area contributed by atoms with Crippen molar-refractivity contribution in [3.8, 4) is 0 Å². The summed E-state index contributed by atoms with van der Waals surface area (Å²) in [6.07, 6.45) is 7.96. The minimum absolute atomic E-state index is 0.113. The predicted molar refractivity (Wildman–Crippen MR) is 86.7 cm³/mol. The number of likely N-dealkylation sites (tertiary alicyclic amines) is 1. The molecule has 124 valence electrons. The number of hydrogen-bond acceptors (Lipinski definition) is 4. The van der Waals surface area contributed by atoms with Gasteiger partial charge in [-0.1, -0.05) is 18.6 Å². The van der Waals surface area contributed by atoms with Gasteiger partial charge >= 0.3 is 0 Å². The Morgan fingerprint density at radius 1 is 1.41 bits per heavy atom. The molecular weight excluding hydrogens is 278 g/mol. The van der Waals surface area contributed by atoms with Gasteiger partial charge in [-0.15, -0.1) is 5.10 Å². The van der Waals surface area contributed by atoms with Gasteiger partial charge in [0.15, 0.2) is 5.69 Å². The van der Waals surface area contributed by atoms with E-state index >= 15 is 0 Å². The van der Waals surface area contributed by atoms with E-state index in [1.54, 1.807) is 10.9 Å². The second-order valence-corrected chi connectivity index (χ2v) is 6.47. The lowest BCUT2D eigenvalue weighted by Gasteiger charge is -2.35. The van der Waals surface area contributed by atoms with Gasteiger partial charge in [0.1, 0.15) is 0 Å². The second-order valence-electron chi connectivity index (χ2n) is 6.47. The molecule has 1 atom stereocenters. The molecule has 1 saturated heterocycles. The molecule has 2 heterocycles. The second kappa shape index (κ2) is 8.27. The van der Waals surface area contributed by atoms with Crippen LogP contribution in [0.3, 0.4) is 0 Å². The molecule has 0 aliphatic carbocycles. The van der Waals surface area contributed by atoms with Crippen molar-refractivity contribution in [2.24, 2.45) is 0 Å². The monoisotopic (exact) mass is 307 g/mol. The van der Waals surface area contributed by atoms with Crippen molar-refractivity contribution in [3.05, 3.63) is 11.9 Å². The average Bonchev–Trinajstić information content (AvgIpc) is 2.95. The van der Waals surface area contributed by atoms with Crippen LogP contribution in [0, 0.1) is 0 Å². The summed E-state index contributed by atoms with van der Waals surface area (Å²) in [6.45, 7) is 9.35. The van der Waals surface area contributed by atoms with Crippen molar-refractivity contribution in [3.63, 3.8) is 0 Å². The van der Waals surface area contributed by atoms with Crippen molar-refractivity contribution >= 4 is 5.91 Å². The van der Waals surface area contributed by atoms with E-state index in [-0.39, 0.29) is 11.9 Å². The van der Waals surface area contributed by atoms with Gasteiger partial charge in [-0.2, -0.15) is 0 Å². The normalized spacial score (nSPS) is 19.5. The van der Waals surface area contributed by atoms with E-state index in [1.807, 2.05) is 13.8 Å². The minimum Gasteiger partial charge on any atom is -0.348 e. The molecule has 1 fully saturated rings.